The summed E-state index contributed by atoms with van der Waals surface area (Å²) in [6.07, 6.45) is 2.56. The van der Waals surface area contributed by atoms with E-state index in [1.807, 2.05) is 90.0 Å². The first kappa shape index (κ1) is 26.4. The molecule has 1 aromatic heterocycles. The minimum absolute atomic E-state index is 0.0990. The van der Waals surface area contributed by atoms with Crippen molar-refractivity contribution in [2.45, 2.75) is 32.7 Å². The number of ether oxygens (including phenoxy) is 1. The first-order chi connectivity index (χ1) is 19.1. The Kier molecular flexibility index (Phi) is 8.22. The van der Waals surface area contributed by atoms with E-state index in [0.717, 1.165) is 33.2 Å². The number of nitrogens with one attached hydrogen (secondary N) is 1. The molecule has 2 aliphatic heterocycles. The van der Waals surface area contributed by atoms with Gasteiger partial charge >= 0.3 is 5.97 Å². The van der Waals surface area contributed by atoms with E-state index in [9.17, 15) is 9.59 Å². The quantitative estimate of drug-likeness (QED) is 0.367. The predicted octanol–water partition coefficient (Wildman–Crippen LogP) is 5.41. The number of benzene rings is 2. The maximum atomic E-state index is 13.6. The van der Waals surface area contributed by atoms with Crippen LogP contribution in [0.25, 0.3) is 5.70 Å². The number of amidine groups is 1. The zero-order valence-electron chi connectivity index (χ0n) is 22.0. The largest absolute Gasteiger partial charge is 0.463 e. The summed E-state index contributed by atoms with van der Waals surface area (Å²) in [5.74, 6) is -0.512. The SMILES string of the molecule is CCOC(=O)C1=C(c2ccccc2)N=C2SC=C(CC(=O)NCCc3ccccn3)N2C1c1ccccc1C. The molecule has 2 aromatic carbocycles. The van der Waals surface area contributed by atoms with Gasteiger partial charge in [0.25, 0.3) is 0 Å². The Labute approximate surface area is 232 Å². The molecule has 5 rings (SSSR count). The number of esters is 1. The fourth-order valence-electron chi connectivity index (χ4n) is 4.78. The molecular formula is C31H30N4O3S. The normalized spacial score (nSPS) is 16.4. The molecule has 3 aromatic rings. The third-order valence-electron chi connectivity index (χ3n) is 6.61. The van der Waals surface area contributed by atoms with Crippen molar-refractivity contribution >= 4 is 34.5 Å². The molecule has 1 unspecified atom stereocenters. The molecule has 2 aliphatic rings. The summed E-state index contributed by atoms with van der Waals surface area (Å²) in [4.78, 5) is 37.9. The molecule has 1 N–H and O–H groups in total. The fraction of sp³-hybridized carbons (Fsp3) is 0.226. The van der Waals surface area contributed by atoms with E-state index in [0.29, 0.717) is 24.2 Å². The molecule has 0 bridgehead atoms. The van der Waals surface area contributed by atoms with Gasteiger partial charge < -0.3 is 15.0 Å². The lowest BCUT2D eigenvalue weighted by atomic mass is 9.89. The van der Waals surface area contributed by atoms with E-state index in [4.69, 9.17) is 9.73 Å². The van der Waals surface area contributed by atoms with Gasteiger partial charge in [0, 0.05) is 36.1 Å². The number of carbonyl (C=O) groups excluding carboxylic acids is 2. The van der Waals surface area contributed by atoms with Gasteiger partial charge in [-0.3, -0.25) is 9.78 Å². The zero-order valence-corrected chi connectivity index (χ0v) is 22.8. The lowest BCUT2D eigenvalue weighted by molar-refractivity contribution is -0.139. The second-order valence-electron chi connectivity index (χ2n) is 9.20. The van der Waals surface area contributed by atoms with Crippen LogP contribution in [-0.4, -0.2) is 40.1 Å². The molecule has 8 heteroatoms. The molecule has 39 heavy (non-hydrogen) atoms. The molecule has 198 valence electrons. The van der Waals surface area contributed by atoms with E-state index in [-0.39, 0.29) is 18.9 Å². The predicted molar refractivity (Wildman–Crippen MR) is 154 cm³/mol. The van der Waals surface area contributed by atoms with Crippen LogP contribution in [0.4, 0.5) is 0 Å². The summed E-state index contributed by atoms with van der Waals surface area (Å²) in [5.41, 5.74) is 5.61. The number of pyridine rings is 1. The molecule has 0 spiro atoms. The first-order valence-corrected chi connectivity index (χ1v) is 13.9. The van der Waals surface area contributed by atoms with Crippen LogP contribution in [-0.2, 0) is 20.7 Å². The summed E-state index contributed by atoms with van der Waals surface area (Å²) in [5, 5.41) is 5.69. The molecule has 1 atom stereocenters. The number of carbonyl (C=O) groups is 2. The van der Waals surface area contributed by atoms with Gasteiger partial charge in [-0.1, -0.05) is 72.4 Å². The summed E-state index contributed by atoms with van der Waals surface area (Å²) in [6.45, 7) is 4.57. The number of amides is 1. The van der Waals surface area contributed by atoms with E-state index in [2.05, 4.69) is 10.3 Å². The molecule has 0 saturated carbocycles. The molecule has 0 saturated heterocycles. The van der Waals surface area contributed by atoms with Gasteiger partial charge in [-0.15, -0.1) is 0 Å². The van der Waals surface area contributed by atoms with Crippen LogP contribution in [0, 0.1) is 6.92 Å². The summed E-state index contributed by atoms with van der Waals surface area (Å²) >= 11 is 1.46. The highest BCUT2D eigenvalue weighted by molar-refractivity contribution is 8.16. The van der Waals surface area contributed by atoms with Gasteiger partial charge in [-0.2, -0.15) is 0 Å². The topological polar surface area (TPSA) is 83.9 Å². The number of thioether (sulfide) groups is 1. The monoisotopic (exact) mass is 538 g/mol. The number of aromatic nitrogens is 1. The standard InChI is InChI=1S/C31H30N4O3S/c1-3-38-30(37)27-28(22-12-5-4-6-13-22)34-31-35(29(27)25-15-8-7-11-21(25)2)24(20-39-31)19-26(36)33-18-16-23-14-9-10-17-32-23/h4-15,17,20,29H,3,16,18-19H2,1-2H3,(H,33,36). The van der Waals surface area contributed by atoms with Crippen molar-refractivity contribution in [3.63, 3.8) is 0 Å². The molecule has 0 radical (unpaired) electrons. The van der Waals surface area contributed by atoms with Crippen molar-refractivity contribution < 1.29 is 14.3 Å². The Morgan fingerprint density at radius 1 is 1.03 bits per heavy atom. The third kappa shape index (κ3) is 5.81. The van der Waals surface area contributed by atoms with Crippen LogP contribution in [0.1, 0.15) is 41.8 Å². The molecular weight excluding hydrogens is 508 g/mol. The van der Waals surface area contributed by atoms with Gasteiger partial charge in [-0.25, -0.2) is 9.79 Å². The van der Waals surface area contributed by atoms with Crippen molar-refractivity contribution in [2.24, 2.45) is 4.99 Å². The summed E-state index contributed by atoms with van der Waals surface area (Å²) in [7, 11) is 0. The van der Waals surface area contributed by atoms with Crippen molar-refractivity contribution in [3.8, 4) is 0 Å². The van der Waals surface area contributed by atoms with E-state index < -0.39 is 12.0 Å². The number of hydrogen-bond donors (Lipinski definition) is 1. The number of aliphatic imine (C=N–C) groups is 1. The average Bonchev–Trinajstić information content (AvgIpc) is 3.35. The van der Waals surface area contributed by atoms with Gasteiger partial charge in [-0.05, 0) is 42.5 Å². The van der Waals surface area contributed by atoms with Crippen molar-refractivity contribution in [2.75, 3.05) is 13.2 Å². The Morgan fingerprint density at radius 2 is 1.79 bits per heavy atom. The van der Waals surface area contributed by atoms with Crippen molar-refractivity contribution in [3.05, 3.63) is 118 Å². The maximum Gasteiger partial charge on any atom is 0.338 e. The fourth-order valence-corrected chi connectivity index (χ4v) is 5.70. The molecule has 0 aliphatic carbocycles. The average molecular weight is 539 g/mol. The van der Waals surface area contributed by atoms with Gasteiger partial charge in [0.1, 0.15) is 0 Å². The Bertz CT molecular complexity index is 1450. The lowest BCUT2D eigenvalue weighted by Gasteiger charge is -2.37. The molecule has 1 amide bonds. The van der Waals surface area contributed by atoms with Crippen LogP contribution in [0.2, 0.25) is 0 Å². The van der Waals surface area contributed by atoms with Crippen LogP contribution in [0.3, 0.4) is 0 Å². The highest BCUT2D eigenvalue weighted by atomic mass is 32.2. The number of hydrogen-bond acceptors (Lipinski definition) is 7. The lowest BCUT2D eigenvalue weighted by Crippen LogP contribution is -2.38. The number of nitrogens with zero attached hydrogens (tertiary/aromatic N) is 3. The van der Waals surface area contributed by atoms with Crippen LogP contribution in [0.5, 0.6) is 0 Å². The summed E-state index contributed by atoms with van der Waals surface area (Å²) < 4.78 is 5.58. The minimum atomic E-state index is -0.490. The second kappa shape index (κ2) is 12.1. The number of fused-ring (bicyclic) bond motifs is 1. The van der Waals surface area contributed by atoms with Gasteiger partial charge in [0.15, 0.2) is 5.17 Å². The Hall–Kier alpha value is -4.17. The molecule has 7 nitrogen and oxygen atoms in total. The highest BCUT2D eigenvalue weighted by Crippen LogP contribution is 2.47. The van der Waals surface area contributed by atoms with E-state index >= 15 is 0 Å². The van der Waals surface area contributed by atoms with E-state index in [1.165, 1.54) is 11.8 Å². The van der Waals surface area contributed by atoms with Crippen LogP contribution in [0.15, 0.2) is 101 Å². The van der Waals surface area contributed by atoms with Gasteiger partial charge in [0.05, 0.1) is 30.3 Å². The second-order valence-corrected chi connectivity index (χ2v) is 10.0. The van der Waals surface area contributed by atoms with E-state index in [1.54, 1.807) is 13.1 Å². The number of rotatable bonds is 9. The Morgan fingerprint density at radius 3 is 2.54 bits per heavy atom. The van der Waals surface area contributed by atoms with Crippen LogP contribution < -0.4 is 5.32 Å². The number of aryl methyl sites for hydroxylation is 1. The van der Waals surface area contributed by atoms with Crippen LogP contribution >= 0.6 is 11.8 Å². The zero-order chi connectivity index (χ0) is 27.2. The first-order valence-electron chi connectivity index (χ1n) is 13.0. The van der Waals surface area contributed by atoms with Gasteiger partial charge in [0.2, 0.25) is 5.91 Å². The van der Waals surface area contributed by atoms with Crippen molar-refractivity contribution in [1.82, 2.24) is 15.2 Å². The minimum Gasteiger partial charge on any atom is -0.463 e. The summed E-state index contributed by atoms with van der Waals surface area (Å²) in [6, 6.07) is 23.0. The Balaban J connectivity index is 1.48. The molecule has 0 fully saturated rings. The molecule has 3 heterocycles. The smallest absolute Gasteiger partial charge is 0.338 e. The maximum absolute atomic E-state index is 13.6. The highest BCUT2D eigenvalue weighted by Gasteiger charge is 2.42. The van der Waals surface area contributed by atoms with Crippen molar-refractivity contribution in [1.29, 1.82) is 0 Å². The third-order valence-corrected chi connectivity index (χ3v) is 7.50.